The molecule has 0 fully saturated rings. The Morgan fingerprint density at radius 3 is 2.59 bits per heavy atom. The number of ether oxygens (including phenoxy) is 1. The average molecular weight is 315 g/mol. The lowest BCUT2D eigenvalue weighted by molar-refractivity contribution is -0.0400. The van der Waals surface area contributed by atoms with Crippen molar-refractivity contribution in [3.05, 3.63) is 56.3 Å². The maximum absolute atomic E-state index is 12.2. The second kappa shape index (κ2) is 5.28. The average Bonchev–Trinajstić information content (AvgIpc) is 2.46. The first kappa shape index (κ1) is 14.8. The molecule has 2 aromatic rings. The molecule has 4 nitrogen and oxygen atoms in total. The molecule has 0 saturated heterocycles. The zero-order valence-electron chi connectivity index (χ0n) is 12.4. The highest BCUT2D eigenvalue weighted by molar-refractivity contribution is 6.30. The number of nitriles is 1. The first-order valence-corrected chi connectivity index (χ1v) is 7.37. The standard InChI is InChI=1S/C17H15ClN2O2/c1-17(2)7-12-13(8-19)16(21)20-15(14(12)9-22-17)10-3-5-11(18)6-4-10/h3-6H,7,9H2,1-2H3,(H,20,21). The number of hydrogen-bond acceptors (Lipinski definition) is 3. The second-order valence-corrected chi connectivity index (χ2v) is 6.44. The van der Waals surface area contributed by atoms with Gasteiger partial charge in [-0.3, -0.25) is 4.79 Å². The summed E-state index contributed by atoms with van der Waals surface area (Å²) in [6.07, 6.45) is 0.537. The summed E-state index contributed by atoms with van der Waals surface area (Å²) in [6.45, 7) is 4.28. The number of nitrogens with one attached hydrogen (secondary N) is 1. The van der Waals surface area contributed by atoms with Crippen molar-refractivity contribution >= 4 is 11.6 Å². The Bertz CT molecular complexity index is 829. The van der Waals surface area contributed by atoms with Gasteiger partial charge in [0.25, 0.3) is 5.56 Å². The maximum atomic E-state index is 12.2. The third-order valence-electron chi connectivity index (χ3n) is 3.89. The predicted octanol–water partition coefficient (Wildman–Crippen LogP) is 3.42. The molecule has 1 aliphatic rings. The van der Waals surface area contributed by atoms with Gasteiger partial charge in [0.1, 0.15) is 11.6 Å². The summed E-state index contributed by atoms with van der Waals surface area (Å²) in [7, 11) is 0. The molecule has 0 amide bonds. The number of hydrogen-bond donors (Lipinski definition) is 1. The van der Waals surface area contributed by atoms with Crippen LogP contribution in [0.1, 0.15) is 30.5 Å². The summed E-state index contributed by atoms with van der Waals surface area (Å²) in [6, 6.07) is 9.26. The Hall–Kier alpha value is -2.09. The molecule has 2 heterocycles. The lowest BCUT2D eigenvalue weighted by atomic mass is 9.87. The van der Waals surface area contributed by atoms with Crippen LogP contribution < -0.4 is 5.56 Å². The zero-order valence-corrected chi connectivity index (χ0v) is 13.1. The van der Waals surface area contributed by atoms with Crippen molar-refractivity contribution in [3.8, 4) is 17.3 Å². The monoisotopic (exact) mass is 314 g/mol. The SMILES string of the molecule is CC1(C)Cc2c(c(-c3ccc(Cl)cc3)[nH]c(=O)c2C#N)CO1. The van der Waals surface area contributed by atoms with E-state index in [-0.39, 0.29) is 16.7 Å². The molecule has 1 N–H and O–H groups in total. The van der Waals surface area contributed by atoms with Gasteiger partial charge in [-0.15, -0.1) is 0 Å². The highest BCUT2D eigenvalue weighted by Gasteiger charge is 2.31. The van der Waals surface area contributed by atoms with E-state index in [1.807, 2.05) is 32.0 Å². The molecule has 1 aromatic carbocycles. The number of pyridine rings is 1. The van der Waals surface area contributed by atoms with E-state index in [0.29, 0.717) is 23.7 Å². The molecule has 0 bridgehead atoms. The summed E-state index contributed by atoms with van der Waals surface area (Å²) in [5.41, 5.74) is 2.65. The summed E-state index contributed by atoms with van der Waals surface area (Å²) in [4.78, 5) is 15.1. The topological polar surface area (TPSA) is 65.9 Å². The van der Waals surface area contributed by atoms with Crippen LogP contribution in [0.4, 0.5) is 0 Å². The molecule has 112 valence electrons. The highest BCUT2D eigenvalue weighted by atomic mass is 35.5. The van der Waals surface area contributed by atoms with E-state index in [0.717, 1.165) is 16.7 Å². The Labute approximate surface area is 133 Å². The summed E-state index contributed by atoms with van der Waals surface area (Å²) in [5.74, 6) is 0. The van der Waals surface area contributed by atoms with Crippen LogP contribution >= 0.6 is 11.6 Å². The molecule has 0 radical (unpaired) electrons. The van der Waals surface area contributed by atoms with Gasteiger partial charge in [0, 0.05) is 17.0 Å². The number of nitrogens with zero attached hydrogens (tertiary/aromatic N) is 1. The van der Waals surface area contributed by atoms with Gasteiger partial charge in [-0.25, -0.2) is 0 Å². The van der Waals surface area contributed by atoms with Gasteiger partial charge < -0.3 is 9.72 Å². The van der Waals surface area contributed by atoms with Crippen molar-refractivity contribution in [1.82, 2.24) is 4.98 Å². The minimum atomic E-state index is -0.385. The van der Waals surface area contributed by atoms with Gasteiger partial charge in [0.2, 0.25) is 0 Å². The normalized spacial score (nSPS) is 15.9. The van der Waals surface area contributed by atoms with Crippen molar-refractivity contribution in [2.75, 3.05) is 0 Å². The number of fused-ring (bicyclic) bond motifs is 1. The van der Waals surface area contributed by atoms with Crippen LogP contribution in [-0.4, -0.2) is 10.6 Å². The number of rotatable bonds is 1. The molecule has 0 atom stereocenters. The Morgan fingerprint density at radius 2 is 1.95 bits per heavy atom. The first-order chi connectivity index (χ1) is 10.4. The fourth-order valence-corrected chi connectivity index (χ4v) is 2.90. The van der Waals surface area contributed by atoms with Crippen LogP contribution in [0.2, 0.25) is 5.02 Å². The van der Waals surface area contributed by atoms with Gasteiger partial charge >= 0.3 is 0 Å². The smallest absolute Gasteiger partial charge is 0.266 e. The molecular formula is C17H15ClN2O2. The quantitative estimate of drug-likeness (QED) is 0.877. The molecule has 22 heavy (non-hydrogen) atoms. The molecular weight excluding hydrogens is 300 g/mol. The number of halogens is 1. The van der Waals surface area contributed by atoms with E-state index in [1.54, 1.807) is 12.1 Å². The molecule has 0 aliphatic carbocycles. The van der Waals surface area contributed by atoms with Crippen molar-refractivity contribution in [1.29, 1.82) is 5.26 Å². The molecule has 1 aromatic heterocycles. The van der Waals surface area contributed by atoms with Crippen LogP contribution in [0.5, 0.6) is 0 Å². The number of aromatic nitrogens is 1. The lowest BCUT2D eigenvalue weighted by Crippen LogP contribution is -2.35. The molecule has 3 rings (SSSR count). The van der Waals surface area contributed by atoms with Crippen molar-refractivity contribution < 1.29 is 4.74 Å². The van der Waals surface area contributed by atoms with Crippen molar-refractivity contribution in [3.63, 3.8) is 0 Å². The molecule has 0 saturated carbocycles. The van der Waals surface area contributed by atoms with Crippen LogP contribution in [0, 0.1) is 11.3 Å². The second-order valence-electron chi connectivity index (χ2n) is 6.01. The minimum Gasteiger partial charge on any atom is -0.370 e. The number of H-pyrrole nitrogens is 1. The van der Waals surface area contributed by atoms with Crippen LogP contribution in [0.3, 0.4) is 0 Å². The van der Waals surface area contributed by atoms with E-state index in [9.17, 15) is 10.1 Å². The minimum absolute atomic E-state index is 0.184. The van der Waals surface area contributed by atoms with Crippen molar-refractivity contribution in [2.24, 2.45) is 0 Å². The Kier molecular flexibility index (Phi) is 3.56. The fraction of sp³-hybridized carbons (Fsp3) is 0.294. The van der Waals surface area contributed by atoms with Gasteiger partial charge in [-0.05, 0) is 37.1 Å². The molecule has 0 spiro atoms. The Morgan fingerprint density at radius 1 is 1.27 bits per heavy atom. The predicted molar refractivity (Wildman–Crippen MR) is 84.8 cm³/mol. The largest absolute Gasteiger partial charge is 0.370 e. The molecule has 1 aliphatic heterocycles. The summed E-state index contributed by atoms with van der Waals surface area (Å²) < 4.78 is 5.86. The summed E-state index contributed by atoms with van der Waals surface area (Å²) in [5, 5.41) is 9.94. The highest BCUT2D eigenvalue weighted by Crippen LogP contribution is 2.34. The molecule has 0 unspecified atom stereocenters. The first-order valence-electron chi connectivity index (χ1n) is 6.99. The van der Waals surface area contributed by atoms with E-state index in [1.165, 1.54) is 0 Å². The van der Waals surface area contributed by atoms with Gasteiger partial charge in [-0.1, -0.05) is 23.7 Å². The van der Waals surface area contributed by atoms with Gasteiger partial charge in [-0.2, -0.15) is 5.26 Å². The lowest BCUT2D eigenvalue weighted by Gasteiger charge is -2.33. The van der Waals surface area contributed by atoms with E-state index >= 15 is 0 Å². The van der Waals surface area contributed by atoms with Gasteiger partial charge in [0.05, 0.1) is 17.9 Å². The van der Waals surface area contributed by atoms with Crippen LogP contribution in [-0.2, 0) is 17.8 Å². The van der Waals surface area contributed by atoms with Crippen LogP contribution in [0.15, 0.2) is 29.1 Å². The maximum Gasteiger partial charge on any atom is 0.266 e. The van der Waals surface area contributed by atoms with Crippen LogP contribution in [0.25, 0.3) is 11.3 Å². The zero-order chi connectivity index (χ0) is 15.9. The third kappa shape index (κ3) is 2.54. The Balaban J connectivity index is 2.26. The van der Waals surface area contributed by atoms with Crippen molar-refractivity contribution in [2.45, 2.75) is 32.5 Å². The van der Waals surface area contributed by atoms with Gasteiger partial charge in [0.15, 0.2) is 0 Å². The van der Waals surface area contributed by atoms with E-state index in [4.69, 9.17) is 16.3 Å². The number of benzene rings is 1. The number of aromatic amines is 1. The fourth-order valence-electron chi connectivity index (χ4n) is 2.77. The van der Waals surface area contributed by atoms with E-state index in [2.05, 4.69) is 4.98 Å². The third-order valence-corrected chi connectivity index (χ3v) is 4.14. The summed E-state index contributed by atoms with van der Waals surface area (Å²) >= 11 is 5.92. The van der Waals surface area contributed by atoms with E-state index < -0.39 is 0 Å². The molecule has 5 heteroatoms.